The fourth-order valence-electron chi connectivity index (χ4n) is 7.16. The van der Waals surface area contributed by atoms with E-state index in [1.54, 1.807) is 28.9 Å². The van der Waals surface area contributed by atoms with E-state index in [1.165, 1.54) is 4.90 Å². The quantitative estimate of drug-likeness (QED) is 0.381. The van der Waals surface area contributed by atoms with Crippen molar-refractivity contribution >= 4 is 23.4 Å². The summed E-state index contributed by atoms with van der Waals surface area (Å²) in [6, 6.07) is 7.78. The Morgan fingerprint density at radius 1 is 1.15 bits per heavy atom. The number of carbonyl (C=O) groups is 3. The molecule has 10 nitrogen and oxygen atoms in total. The van der Waals surface area contributed by atoms with Gasteiger partial charge in [0, 0.05) is 45.0 Å². The maximum atomic E-state index is 14.4. The van der Waals surface area contributed by atoms with E-state index in [1.807, 2.05) is 30.3 Å². The number of ether oxygens (including phenoxy) is 2. The van der Waals surface area contributed by atoms with Crippen molar-refractivity contribution in [3.63, 3.8) is 0 Å². The molecule has 4 aliphatic heterocycles. The van der Waals surface area contributed by atoms with Gasteiger partial charge in [-0.15, -0.1) is 13.2 Å². The Balaban J connectivity index is 1.47. The number of hydrogen-bond acceptors (Lipinski definition) is 7. The summed E-state index contributed by atoms with van der Waals surface area (Å²) < 4.78 is 12.1. The topological polar surface area (TPSA) is 103 Å². The molecule has 3 amide bonds. The number of aliphatic hydroxyl groups is 1. The summed E-state index contributed by atoms with van der Waals surface area (Å²) in [5.74, 6) is -2.28. The first-order valence-electron chi connectivity index (χ1n) is 14.7. The first-order chi connectivity index (χ1) is 19.9. The van der Waals surface area contributed by atoms with Crippen LogP contribution < -0.4 is 4.90 Å². The summed E-state index contributed by atoms with van der Waals surface area (Å²) in [4.78, 5) is 50.0. The summed E-state index contributed by atoms with van der Waals surface area (Å²) in [6.07, 6.45) is 3.97. The zero-order chi connectivity index (χ0) is 29.1. The standard InChI is InChI=1S/C31H42N4O6/c1-4-13-33(16-15-32-17-19-40-20-18-32)30(39)27-31-12-11-24(41-31)25(26(31)29(38)35(27)22(3)21-36)28(37)34(14-5-2)23-9-7-6-8-10-23/h4-10,22,24-27,36H,1-2,11-21H2,3H3/t22-,24+,25-,26+,27?,31?/m1/s1. The van der Waals surface area contributed by atoms with Crippen molar-refractivity contribution in [1.29, 1.82) is 0 Å². The molecule has 1 spiro atoms. The van der Waals surface area contributed by atoms with Crippen LogP contribution in [-0.4, -0.2) is 120 Å². The van der Waals surface area contributed by atoms with Crippen LogP contribution in [-0.2, 0) is 23.9 Å². The second-order valence-corrected chi connectivity index (χ2v) is 11.4. The van der Waals surface area contributed by atoms with E-state index in [9.17, 15) is 19.5 Å². The van der Waals surface area contributed by atoms with Crippen LogP contribution in [0.15, 0.2) is 55.6 Å². The molecule has 41 heavy (non-hydrogen) atoms. The Kier molecular flexibility index (Phi) is 8.94. The number of hydrogen-bond donors (Lipinski definition) is 1. The van der Waals surface area contributed by atoms with Gasteiger partial charge in [0.25, 0.3) is 0 Å². The minimum absolute atomic E-state index is 0.207. The number of aliphatic hydroxyl groups excluding tert-OH is 1. The highest BCUT2D eigenvalue weighted by atomic mass is 16.5. The van der Waals surface area contributed by atoms with Crippen molar-refractivity contribution in [2.75, 3.05) is 64.0 Å². The summed E-state index contributed by atoms with van der Waals surface area (Å²) in [5, 5.41) is 10.2. The molecule has 4 aliphatic rings. The Morgan fingerprint density at radius 3 is 2.51 bits per heavy atom. The third kappa shape index (κ3) is 5.22. The van der Waals surface area contributed by atoms with Crippen LogP contribution in [0.1, 0.15) is 19.8 Å². The predicted molar refractivity (Wildman–Crippen MR) is 154 cm³/mol. The molecule has 222 valence electrons. The molecular formula is C31H42N4O6. The van der Waals surface area contributed by atoms with Crippen LogP contribution >= 0.6 is 0 Å². The number of fused-ring (bicyclic) bond motifs is 1. The van der Waals surface area contributed by atoms with Crippen LogP contribution in [0, 0.1) is 11.8 Å². The fraction of sp³-hybridized carbons (Fsp3) is 0.581. The van der Waals surface area contributed by atoms with Crippen LogP contribution in [0.3, 0.4) is 0 Å². The summed E-state index contributed by atoms with van der Waals surface area (Å²) >= 11 is 0. The molecule has 0 aliphatic carbocycles. The number of carbonyl (C=O) groups excluding carboxylic acids is 3. The van der Waals surface area contributed by atoms with E-state index in [-0.39, 0.29) is 30.9 Å². The molecule has 6 atom stereocenters. The van der Waals surface area contributed by atoms with Gasteiger partial charge in [0.1, 0.15) is 11.6 Å². The first kappa shape index (κ1) is 29.4. The van der Waals surface area contributed by atoms with Crippen molar-refractivity contribution in [2.45, 2.75) is 43.6 Å². The minimum Gasteiger partial charge on any atom is -0.394 e. The van der Waals surface area contributed by atoms with Crippen molar-refractivity contribution in [1.82, 2.24) is 14.7 Å². The zero-order valence-electron chi connectivity index (χ0n) is 23.9. The number of rotatable bonds is 12. The van der Waals surface area contributed by atoms with Gasteiger partial charge in [0.15, 0.2) is 0 Å². The fourth-order valence-corrected chi connectivity index (χ4v) is 7.16. The van der Waals surface area contributed by atoms with Gasteiger partial charge in [-0.05, 0) is 31.9 Å². The highest BCUT2D eigenvalue weighted by molar-refractivity contribution is 6.03. The van der Waals surface area contributed by atoms with Gasteiger partial charge in [0.2, 0.25) is 17.7 Å². The van der Waals surface area contributed by atoms with Gasteiger partial charge in [0.05, 0.1) is 43.8 Å². The lowest BCUT2D eigenvalue weighted by Gasteiger charge is -2.39. The number of anilines is 1. The van der Waals surface area contributed by atoms with Crippen LogP contribution in [0.25, 0.3) is 0 Å². The lowest BCUT2D eigenvalue weighted by atomic mass is 9.70. The van der Waals surface area contributed by atoms with Crippen molar-refractivity contribution in [2.24, 2.45) is 11.8 Å². The van der Waals surface area contributed by atoms with Gasteiger partial charge < -0.3 is 29.3 Å². The maximum absolute atomic E-state index is 14.4. The molecule has 4 saturated heterocycles. The third-order valence-electron chi connectivity index (χ3n) is 9.09. The molecule has 1 aromatic carbocycles. The average Bonchev–Trinajstić information content (AvgIpc) is 3.65. The monoisotopic (exact) mass is 566 g/mol. The maximum Gasteiger partial charge on any atom is 0.248 e. The summed E-state index contributed by atoms with van der Waals surface area (Å²) in [7, 11) is 0. The number of para-hydroxylation sites is 1. The van der Waals surface area contributed by atoms with Gasteiger partial charge in [-0.3, -0.25) is 19.3 Å². The van der Waals surface area contributed by atoms with E-state index in [0.717, 1.165) is 13.1 Å². The zero-order valence-corrected chi connectivity index (χ0v) is 23.9. The van der Waals surface area contributed by atoms with Crippen LogP contribution in [0.5, 0.6) is 0 Å². The molecule has 0 radical (unpaired) electrons. The first-order valence-corrected chi connectivity index (χ1v) is 14.7. The summed E-state index contributed by atoms with van der Waals surface area (Å²) in [6.45, 7) is 13.8. The van der Waals surface area contributed by atoms with E-state index in [2.05, 4.69) is 18.1 Å². The number of nitrogens with zero attached hydrogens (tertiary/aromatic N) is 4. The Hall–Kier alpha value is -3.05. The second-order valence-electron chi connectivity index (χ2n) is 11.4. The SMILES string of the molecule is C=CCN(CCN1CCOCC1)C(=O)C1N([C@H](C)CO)C(=O)[C@@H]2[C@H](C(=O)N(CC=C)c3ccccc3)[C@@H]3CCC12O3. The molecule has 10 heteroatoms. The molecule has 4 fully saturated rings. The Labute approximate surface area is 242 Å². The third-order valence-corrected chi connectivity index (χ3v) is 9.09. The highest BCUT2D eigenvalue weighted by Crippen LogP contribution is 2.59. The molecule has 4 heterocycles. The molecule has 1 aromatic rings. The normalized spacial score (nSPS) is 29.7. The molecule has 1 N–H and O–H groups in total. The molecule has 0 saturated carbocycles. The van der Waals surface area contributed by atoms with E-state index >= 15 is 0 Å². The van der Waals surface area contributed by atoms with Gasteiger partial charge in [-0.2, -0.15) is 0 Å². The molecule has 0 aromatic heterocycles. The van der Waals surface area contributed by atoms with E-state index in [4.69, 9.17) is 9.47 Å². The van der Waals surface area contributed by atoms with Crippen molar-refractivity contribution in [3.05, 3.63) is 55.6 Å². The lowest BCUT2D eigenvalue weighted by molar-refractivity contribution is -0.150. The van der Waals surface area contributed by atoms with E-state index < -0.39 is 35.6 Å². The predicted octanol–water partition coefficient (Wildman–Crippen LogP) is 1.31. The second kappa shape index (κ2) is 12.4. The number of morpholine rings is 1. The van der Waals surface area contributed by atoms with Crippen molar-refractivity contribution < 1.29 is 29.0 Å². The van der Waals surface area contributed by atoms with Gasteiger partial charge >= 0.3 is 0 Å². The molecule has 5 rings (SSSR count). The smallest absolute Gasteiger partial charge is 0.248 e. The van der Waals surface area contributed by atoms with Crippen LogP contribution in [0.2, 0.25) is 0 Å². The Morgan fingerprint density at radius 2 is 1.85 bits per heavy atom. The minimum atomic E-state index is -1.13. The largest absolute Gasteiger partial charge is 0.394 e. The molecular weight excluding hydrogens is 524 g/mol. The summed E-state index contributed by atoms with van der Waals surface area (Å²) in [5.41, 5.74) is -0.412. The highest BCUT2D eigenvalue weighted by Gasteiger charge is 2.75. The van der Waals surface area contributed by atoms with Crippen molar-refractivity contribution in [3.8, 4) is 0 Å². The number of benzene rings is 1. The Bertz CT molecular complexity index is 1140. The van der Waals surface area contributed by atoms with Crippen LogP contribution in [0.4, 0.5) is 5.69 Å². The van der Waals surface area contributed by atoms with Gasteiger partial charge in [-0.25, -0.2) is 0 Å². The number of likely N-dealkylation sites (tertiary alicyclic amines) is 1. The molecule has 2 bridgehead atoms. The van der Waals surface area contributed by atoms with Gasteiger partial charge in [-0.1, -0.05) is 30.4 Å². The lowest BCUT2D eigenvalue weighted by Crippen LogP contribution is -2.59. The molecule has 2 unspecified atom stereocenters. The number of amides is 3. The average molecular weight is 567 g/mol. The van der Waals surface area contributed by atoms with E-state index in [0.29, 0.717) is 51.4 Å².